The molecule has 0 radical (unpaired) electrons. The number of anilines is 1. The van der Waals surface area contributed by atoms with Gasteiger partial charge in [-0.15, -0.1) is 0 Å². The van der Waals surface area contributed by atoms with Crippen LogP contribution >= 0.6 is 0 Å². The van der Waals surface area contributed by atoms with E-state index < -0.39 is 11.7 Å². The van der Waals surface area contributed by atoms with Crippen LogP contribution in [0, 0.1) is 11.8 Å². The fourth-order valence-electron chi connectivity index (χ4n) is 3.51. The van der Waals surface area contributed by atoms with Crippen molar-refractivity contribution < 1.29 is 23.0 Å². The lowest BCUT2D eigenvalue weighted by atomic mass is 9.96. The summed E-state index contributed by atoms with van der Waals surface area (Å²) < 4.78 is 45.0. The molecule has 0 bridgehead atoms. The Bertz CT molecular complexity index is 550. The average molecular weight is 345 g/mol. The molecular formula is C16H22F3N3O2. The second-order valence-corrected chi connectivity index (χ2v) is 6.39. The highest BCUT2D eigenvalue weighted by molar-refractivity contribution is 5.49. The zero-order chi connectivity index (χ0) is 17.2. The van der Waals surface area contributed by atoms with Gasteiger partial charge in [0.2, 0.25) is 0 Å². The maximum Gasteiger partial charge on any atom is 0.419 e. The summed E-state index contributed by atoms with van der Waals surface area (Å²) in [5.41, 5.74) is -0.714. The number of morpholine rings is 1. The van der Waals surface area contributed by atoms with Crippen LogP contribution in [-0.2, 0) is 10.9 Å². The fraction of sp³-hybridized carbons (Fsp3) is 0.688. The van der Waals surface area contributed by atoms with E-state index in [2.05, 4.69) is 9.88 Å². The molecule has 0 unspecified atom stereocenters. The first-order valence-electron chi connectivity index (χ1n) is 8.17. The lowest BCUT2D eigenvalue weighted by Crippen LogP contribution is -2.41. The van der Waals surface area contributed by atoms with E-state index in [0.717, 1.165) is 25.7 Å². The first-order valence-corrected chi connectivity index (χ1v) is 8.17. The van der Waals surface area contributed by atoms with Gasteiger partial charge in [0, 0.05) is 51.4 Å². The minimum atomic E-state index is -4.43. The first kappa shape index (κ1) is 17.4. The van der Waals surface area contributed by atoms with Gasteiger partial charge in [0.1, 0.15) is 5.82 Å². The number of alkyl halides is 3. The average Bonchev–Trinajstić information content (AvgIpc) is 2.98. The van der Waals surface area contributed by atoms with Crippen molar-refractivity contribution in [2.75, 3.05) is 57.4 Å². The van der Waals surface area contributed by atoms with E-state index in [9.17, 15) is 18.3 Å². The number of halogens is 3. The highest BCUT2D eigenvalue weighted by Gasteiger charge is 2.40. The molecule has 2 aliphatic heterocycles. The van der Waals surface area contributed by atoms with Crippen LogP contribution in [0.2, 0.25) is 0 Å². The second-order valence-electron chi connectivity index (χ2n) is 6.39. The summed E-state index contributed by atoms with van der Waals surface area (Å²) in [5.74, 6) is 0.0417. The Balaban J connectivity index is 1.74. The Morgan fingerprint density at radius 2 is 1.92 bits per heavy atom. The number of rotatable bonds is 4. The minimum absolute atomic E-state index is 0.0281. The monoisotopic (exact) mass is 345 g/mol. The van der Waals surface area contributed by atoms with Crippen molar-refractivity contribution in [2.24, 2.45) is 11.8 Å². The summed E-state index contributed by atoms with van der Waals surface area (Å²) in [6, 6.07) is 2.36. The third-order valence-corrected chi connectivity index (χ3v) is 4.80. The predicted octanol–water partition coefficient (Wildman–Crippen LogP) is 1.48. The summed E-state index contributed by atoms with van der Waals surface area (Å²) in [6.07, 6.45) is -3.05. The third-order valence-electron chi connectivity index (χ3n) is 4.80. The number of hydrogen-bond acceptors (Lipinski definition) is 5. The number of pyridine rings is 1. The smallest absolute Gasteiger partial charge is 0.396 e. The molecule has 8 heteroatoms. The number of aliphatic hydroxyl groups is 1. The SMILES string of the molecule is OC[C@H]1CN(c2ncccc2C(F)(F)F)C[C@H]1CN1CCOCC1. The van der Waals surface area contributed by atoms with Crippen LogP contribution < -0.4 is 4.90 Å². The standard InChI is InChI=1S/C16H22F3N3O2/c17-16(18,19)14-2-1-3-20-15(14)22-9-12(13(10-22)11-23)8-21-4-6-24-7-5-21/h1-3,12-13,23H,4-11H2/t12-,13-/m1/s1. The van der Waals surface area contributed by atoms with Crippen LogP contribution in [-0.4, -0.2) is 67.5 Å². The van der Waals surface area contributed by atoms with E-state index in [1.165, 1.54) is 12.3 Å². The maximum atomic E-state index is 13.2. The highest BCUT2D eigenvalue weighted by Crippen LogP contribution is 2.38. The van der Waals surface area contributed by atoms with Crippen LogP contribution in [0.1, 0.15) is 5.56 Å². The largest absolute Gasteiger partial charge is 0.419 e. The van der Waals surface area contributed by atoms with Crippen LogP contribution in [0.4, 0.5) is 19.0 Å². The molecule has 134 valence electrons. The maximum absolute atomic E-state index is 13.2. The van der Waals surface area contributed by atoms with Gasteiger partial charge in [-0.1, -0.05) is 0 Å². The quantitative estimate of drug-likeness (QED) is 0.896. The Kier molecular flexibility index (Phi) is 5.27. The molecule has 3 heterocycles. The number of nitrogens with zero attached hydrogens (tertiary/aromatic N) is 3. The molecule has 1 N–H and O–H groups in total. The van der Waals surface area contributed by atoms with Gasteiger partial charge >= 0.3 is 6.18 Å². The van der Waals surface area contributed by atoms with E-state index in [0.29, 0.717) is 26.3 Å². The van der Waals surface area contributed by atoms with E-state index in [1.807, 2.05) is 0 Å². The summed E-state index contributed by atoms with van der Waals surface area (Å²) in [4.78, 5) is 7.88. The molecule has 0 aliphatic carbocycles. The van der Waals surface area contributed by atoms with Crippen molar-refractivity contribution >= 4 is 5.82 Å². The fourth-order valence-corrected chi connectivity index (χ4v) is 3.51. The normalized spacial score (nSPS) is 26.1. The summed E-state index contributed by atoms with van der Waals surface area (Å²) in [5, 5.41) is 9.65. The van der Waals surface area contributed by atoms with Gasteiger partial charge in [-0.2, -0.15) is 13.2 Å². The second kappa shape index (κ2) is 7.25. The van der Waals surface area contributed by atoms with Gasteiger partial charge in [0.25, 0.3) is 0 Å². The third kappa shape index (κ3) is 3.81. The molecule has 2 saturated heterocycles. The van der Waals surface area contributed by atoms with E-state index >= 15 is 0 Å². The molecule has 1 aromatic rings. The molecule has 0 amide bonds. The summed E-state index contributed by atoms with van der Waals surface area (Å²) in [6.45, 7) is 4.61. The van der Waals surface area contributed by atoms with Crippen LogP contribution in [0.3, 0.4) is 0 Å². The molecule has 2 fully saturated rings. The zero-order valence-corrected chi connectivity index (χ0v) is 13.4. The number of hydrogen-bond donors (Lipinski definition) is 1. The van der Waals surface area contributed by atoms with Gasteiger partial charge < -0.3 is 14.7 Å². The Labute approximate surface area is 139 Å². The van der Waals surface area contributed by atoms with E-state index in [-0.39, 0.29) is 24.3 Å². The van der Waals surface area contributed by atoms with Crippen molar-refractivity contribution in [3.63, 3.8) is 0 Å². The molecular weight excluding hydrogens is 323 g/mol. The number of aliphatic hydroxyl groups excluding tert-OH is 1. The summed E-state index contributed by atoms with van der Waals surface area (Å²) in [7, 11) is 0. The summed E-state index contributed by atoms with van der Waals surface area (Å²) >= 11 is 0. The Hall–Kier alpha value is -1.38. The Morgan fingerprint density at radius 3 is 2.58 bits per heavy atom. The van der Waals surface area contributed by atoms with Crippen molar-refractivity contribution in [2.45, 2.75) is 6.18 Å². The molecule has 5 nitrogen and oxygen atoms in total. The topological polar surface area (TPSA) is 48.8 Å². The van der Waals surface area contributed by atoms with E-state index in [4.69, 9.17) is 4.74 Å². The van der Waals surface area contributed by atoms with E-state index in [1.54, 1.807) is 4.90 Å². The van der Waals surface area contributed by atoms with Crippen molar-refractivity contribution in [3.05, 3.63) is 23.9 Å². The van der Waals surface area contributed by atoms with Gasteiger partial charge in [0.15, 0.2) is 0 Å². The molecule has 2 aliphatic rings. The van der Waals surface area contributed by atoms with Crippen molar-refractivity contribution in [1.29, 1.82) is 0 Å². The van der Waals surface area contributed by atoms with Crippen molar-refractivity contribution in [3.8, 4) is 0 Å². The molecule has 2 atom stereocenters. The number of ether oxygens (including phenoxy) is 1. The van der Waals surface area contributed by atoms with Crippen LogP contribution in [0.25, 0.3) is 0 Å². The number of aromatic nitrogens is 1. The molecule has 3 rings (SSSR count). The molecule has 24 heavy (non-hydrogen) atoms. The van der Waals surface area contributed by atoms with Gasteiger partial charge in [0.05, 0.1) is 18.8 Å². The molecule has 0 spiro atoms. The van der Waals surface area contributed by atoms with Gasteiger partial charge in [-0.25, -0.2) is 4.98 Å². The van der Waals surface area contributed by atoms with Crippen molar-refractivity contribution in [1.82, 2.24) is 9.88 Å². The predicted molar refractivity (Wildman–Crippen MR) is 82.8 cm³/mol. The van der Waals surface area contributed by atoms with Gasteiger partial charge in [-0.05, 0) is 18.1 Å². The molecule has 1 aromatic heterocycles. The molecule has 0 saturated carbocycles. The van der Waals surface area contributed by atoms with Crippen LogP contribution in [0.5, 0.6) is 0 Å². The van der Waals surface area contributed by atoms with Gasteiger partial charge in [-0.3, -0.25) is 4.90 Å². The van der Waals surface area contributed by atoms with Crippen LogP contribution in [0.15, 0.2) is 18.3 Å². The lowest BCUT2D eigenvalue weighted by molar-refractivity contribution is -0.137. The highest BCUT2D eigenvalue weighted by atomic mass is 19.4. The lowest BCUT2D eigenvalue weighted by Gasteiger charge is -2.30. The first-order chi connectivity index (χ1) is 11.5. The zero-order valence-electron chi connectivity index (χ0n) is 13.4. The Morgan fingerprint density at radius 1 is 1.21 bits per heavy atom. The minimum Gasteiger partial charge on any atom is -0.396 e. The molecule has 0 aromatic carbocycles.